The van der Waals surface area contributed by atoms with Crippen molar-refractivity contribution in [3.8, 4) is 5.75 Å². The second-order valence-electron chi connectivity index (χ2n) is 7.91. The van der Waals surface area contributed by atoms with E-state index in [-0.39, 0.29) is 12.0 Å². The fourth-order valence-electron chi connectivity index (χ4n) is 4.28. The number of hydrogen-bond donors (Lipinski definition) is 2. The Bertz CT molecular complexity index is 765. The van der Waals surface area contributed by atoms with Crippen LogP contribution in [0.4, 0.5) is 0 Å². The summed E-state index contributed by atoms with van der Waals surface area (Å²) in [5, 5.41) is 7.71. The van der Waals surface area contributed by atoms with Crippen LogP contribution in [0, 0.1) is 5.92 Å². The summed E-state index contributed by atoms with van der Waals surface area (Å²) >= 11 is 0. The van der Waals surface area contributed by atoms with E-state index in [9.17, 15) is 4.79 Å². The van der Waals surface area contributed by atoms with Crippen molar-refractivity contribution in [2.24, 2.45) is 5.92 Å². The number of aromatic nitrogens is 1. The summed E-state index contributed by atoms with van der Waals surface area (Å²) in [6, 6.07) is 10.4. The summed E-state index contributed by atoms with van der Waals surface area (Å²) in [6.45, 7) is 2.09. The number of carbonyl (C=O) groups is 1. The standard InChI is InChI=1S/C22H29N3O2/c26-22(14-16-9-12-23-13-10-16)25-18-3-5-19(6-4-18)27-20-7-8-21-17(15-20)2-1-11-24-21/h1-2,7-8,11,15-16,18-19,23H,3-6,9-10,12-14H2,(H,25,26). The minimum Gasteiger partial charge on any atom is -0.490 e. The zero-order valence-corrected chi connectivity index (χ0v) is 15.8. The van der Waals surface area contributed by atoms with E-state index in [0.29, 0.717) is 18.4 Å². The summed E-state index contributed by atoms with van der Waals surface area (Å²) < 4.78 is 6.19. The normalized spacial score (nSPS) is 23.9. The third-order valence-corrected chi connectivity index (χ3v) is 5.85. The highest BCUT2D eigenvalue weighted by Crippen LogP contribution is 2.26. The van der Waals surface area contributed by atoms with Crippen LogP contribution in [0.1, 0.15) is 44.9 Å². The molecule has 1 amide bonds. The molecule has 1 aromatic carbocycles. The number of amides is 1. The number of rotatable bonds is 5. The van der Waals surface area contributed by atoms with Gasteiger partial charge in [0.25, 0.3) is 0 Å². The van der Waals surface area contributed by atoms with Crippen molar-refractivity contribution < 1.29 is 9.53 Å². The molecule has 5 heteroatoms. The Morgan fingerprint density at radius 1 is 1.11 bits per heavy atom. The number of benzene rings is 1. The molecule has 0 bridgehead atoms. The molecule has 1 aromatic heterocycles. The van der Waals surface area contributed by atoms with E-state index in [1.807, 2.05) is 24.4 Å². The van der Waals surface area contributed by atoms with E-state index < -0.39 is 0 Å². The van der Waals surface area contributed by atoms with E-state index in [0.717, 1.165) is 68.3 Å². The zero-order chi connectivity index (χ0) is 18.5. The monoisotopic (exact) mass is 367 g/mol. The lowest BCUT2D eigenvalue weighted by atomic mass is 9.91. The van der Waals surface area contributed by atoms with Gasteiger partial charge < -0.3 is 15.4 Å². The number of hydrogen-bond acceptors (Lipinski definition) is 4. The van der Waals surface area contributed by atoms with Crippen molar-refractivity contribution in [3.05, 3.63) is 36.5 Å². The maximum atomic E-state index is 12.3. The maximum Gasteiger partial charge on any atom is 0.220 e. The molecule has 2 heterocycles. The van der Waals surface area contributed by atoms with Gasteiger partial charge in [0.1, 0.15) is 5.75 Å². The minimum absolute atomic E-state index is 0.230. The third kappa shape index (κ3) is 4.98. The van der Waals surface area contributed by atoms with Crippen molar-refractivity contribution in [3.63, 3.8) is 0 Å². The predicted octanol–water partition coefficient (Wildman–Crippen LogP) is 3.43. The maximum absolute atomic E-state index is 12.3. The number of nitrogens with zero attached hydrogens (tertiary/aromatic N) is 1. The van der Waals surface area contributed by atoms with Crippen molar-refractivity contribution in [1.29, 1.82) is 0 Å². The van der Waals surface area contributed by atoms with E-state index in [4.69, 9.17) is 4.74 Å². The van der Waals surface area contributed by atoms with Gasteiger partial charge in [-0.15, -0.1) is 0 Å². The molecule has 1 aliphatic heterocycles. The fourth-order valence-corrected chi connectivity index (χ4v) is 4.28. The van der Waals surface area contributed by atoms with Gasteiger partial charge in [0.2, 0.25) is 5.91 Å². The molecule has 1 saturated carbocycles. The lowest BCUT2D eigenvalue weighted by Gasteiger charge is -2.30. The molecule has 0 atom stereocenters. The molecule has 4 rings (SSSR count). The van der Waals surface area contributed by atoms with Crippen LogP contribution in [-0.4, -0.2) is 36.1 Å². The van der Waals surface area contributed by atoms with E-state index in [1.54, 1.807) is 0 Å². The summed E-state index contributed by atoms with van der Waals surface area (Å²) in [4.78, 5) is 16.7. The number of fused-ring (bicyclic) bond motifs is 1. The molecule has 144 valence electrons. The van der Waals surface area contributed by atoms with E-state index in [2.05, 4.69) is 27.8 Å². The summed E-state index contributed by atoms with van der Waals surface area (Å²) in [6.07, 6.45) is 8.94. The Hall–Kier alpha value is -2.14. The molecular weight excluding hydrogens is 338 g/mol. The van der Waals surface area contributed by atoms with Crippen LogP contribution in [0.25, 0.3) is 10.9 Å². The van der Waals surface area contributed by atoms with Gasteiger partial charge in [0.15, 0.2) is 0 Å². The predicted molar refractivity (Wildman–Crippen MR) is 107 cm³/mol. The highest BCUT2D eigenvalue weighted by Gasteiger charge is 2.25. The third-order valence-electron chi connectivity index (χ3n) is 5.85. The van der Waals surface area contributed by atoms with Crippen LogP contribution in [0.5, 0.6) is 5.75 Å². The number of piperidine rings is 1. The average Bonchev–Trinajstić information content (AvgIpc) is 2.70. The van der Waals surface area contributed by atoms with Gasteiger partial charge in [-0.05, 0) is 81.8 Å². The topological polar surface area (TPSA) is 63.2 Å². The van der Waals surface area contributed by atoms with E-state index >= 15 is 0 Å². The van der Waals surface area contributed by atoms with Crippen molar-refractivity contribution in [1.82, 2.24) is 15.6 Å². The Morgan fingerprint density at radius 2 is 1.93 bits per heavy atom. The highest BCUT2D eigenvalue weighted by molar-refractivity contribution is 5.79. The first-order chi connectivity index (χ1) is 13.3. The van der Waals surface area contributed by atoms with Gasteiger partial charge in [0.05, 0.1) is 11.6 Å². The van der Waals surface area contributed by atoms with Crippen LogP contribution in [-0.2, 0) is 4.79 Å². The molecule has 1 aliphatic carbocycles. The highest BCUT2D eigenvalue weighted by atomic mass is 16.5. The second-order valence-corrected chi connectivity index (χ2v) is 7.91. The Balaban J connectivity index is 1.23. The van der Waals surface area contributed by atoms with Crippen LogP contribution in [0.3, 0.4) is 0 Å². The molecule has 27 heavy (non-hydrogen) atoms. The number of carbonyl (C=O) groups excluding carboxylic acids is 1. The largest absolute Gasteiger partial charge is 0.490 e. The number of pyridine rings is 1. The summed E-state index contributed by atoms with van der Waals surface area (Å²) in [5.74, 6) is 1.69. The molecule has 2 aliphatic rings. The van der Waals surface area contributed by atoms with Crippen LogP contribution in [0.2, 0.25) is 0 Å². The molecule has 2 N–H and O–H groups in total. The molecule has 1 saturated heterocycles. The number of ether oxygens (including phenoxy) is 1. The number of nitrogens with one attached hydrogen (secondary N) is 2. The zero-order valence-electron chi connectivity index (χ0n) is 15.8. The van der Waals surface area contributed by atoms with Gasteiger partial charge in [-0.25, -0.2) is 0 Å². The first-order valence-electron chi connectivity index (χ1n) is 10.3. The van der Waals surface area contributed by atoms with Crippen LogP contribution < -0.4 is 15.4 Å². The summed E-state index contributed by atoms with van der Waals surface area (Å²) in [7, 11) is 0. The molecule has 0 unspecified atom stereocenters. The lowest BCUT2D eigenvalue weighted by molar-refractivity contribution is -0.123. The molecule has 0 radical (unpaired) electrons. The minimum atomic E-state index is 0.230. The molecule has 2 aromatic rings. The quantitative estimate of drug-likeness (QED) is 0.850. The molecule has 5 nitrogen and oxygen atoms in total. The van der Waals surface area contributed by atoms with Crippen molar-refractivity contribution in [2.75, 3.05) is 13.1 Å². The Labute approximate surface area is 160 Å². The first-order valence-corrected chi connectivity index (χ1v) is 10.3. The summed E-state index contributed by atoms with van der Waals surface area (Å²) in [5.41, 5.74) is 0.991. The molecular formula is C22H29N3O2. The van der Waals surface area contributed by atoms with Crippen molar-refractivity contribution >= 4 is 16.8 Å². The second kappa shape index (κ2) is 8.70. The van der Waals surface area contributed by atoms with Crippen LogP contribution in [0.15, 0.2) is 36.5 Å². The Kier molecular flexibility index (Phi) is 5.87. The van der Waals surface area contributed by atoms with Gasteiger partial charge in [-0.1, -0.05) is 6.07 Å². The van der Waals surface area contributed by atoms with Gasteiger partial charge in [-0.3, -0.25) is 9.78 Å². The van der Waals surface area contributed by atoms with Crippen molar-refractivity contribution in [2.45, 2.75) is 57.1 Å². The average molecular weight is 367 g/mol. The van der Waals surface area contributed by atoms with Gasteiger partial charge >= 0.3 is 0 Å². The van der Waals surface area contributed by atoms with Gasteiger partial charge in [-0.2, -0.15) is 0 Å². The van der Waals surface area contributed by atoms with Gasteiger partial charge in [0, 0.05) is 24.0 Å². The lowest BCUT2D eigenvalue weighted by Crippen LogP contribution is -2.41. The Morgan fingerprint density at radius 3 is 2.74 bits per heavy atom. The SMILES string of the molecule is O=C(CC1CCNCC1)NC1CCC(Oc2ccc3ncccc3c2)CC1. The first kappa shape index (κ1) is 18.2. The smallest absolute Gasteiger partial charge is 0.220 e. The fraction of sp³-hybridized carbons (Fsp3) is 0.545. The molecule has 0 spiro atoms. The molecule has 2 fully saturated rings. The van der Waals surface area contributed by atoms with Crippen LogP contribution >= 0.6 is 0 Å². The van der Waals surface area contributed by atoms with E-state index in [1.165, 1.54) is 0 Å².